The van der Waals surface area contributed by atoms with E-state index in [0.29, 0.717) is 11.7 Å². The first-order valence-electron chi connectivity index (χ1n) is 12.9. The van der Waals surface area contributed by atoms with E-state index >= 15 is 0 Å². The van der Waals surface area contributed by atoms with E-state index < -0.39 is 11.6 Å². The highest BCUT2D eigenvalue weighted by atomic mass is 16.6. The Bertz CT molecular complexity index is 1230. The molecule has 1 unspecified atom stereocenters. The van der Waals surface area contributed by atoms with Crippen LogP contribution in [0.4, 0.5) is 0 Å². The number of esters is 1. The first kappa shape index (κ1) is 26.7. The molecule has 0 spiro atoms. The van der Waals surface area contributed by atoms with E-state index in [1.807, 2.05) is 70.3 Å². The summed E-state index contributed by atoms with van der Waals surface area (Å²) in [7, 11) is 1.84. The van der Waals surface area contributed by atoms with Crippen LogP contribution in [0.3, 0.4) is 0 Å². The Morgan fingerprint density at radius 1 is 1.14 bits per heavy atom. The van der Waals surface area contributed by atoms with E-state index in [-0.39, 0.29) is 31.1 Å². The number of carbonyl (C=O) groups is 2. The summed E-state index contributed by atoms with van der Waals surface area (Å²) in [6.45, 7) is 5.26. The highest BCUT2D eigenvalue weighted by Crippen LogP contribution is 2.37. The molecule has 7 nitrogen and oxygen atoms in total. The smallest absolute Gasteiger partial charge is 0.344 e. The summed E-state index contributed by atoms with van der Waals surface area (Å²) in [5.41, 5.74) is 2.04. The van der Waals surface area contributed by atoms with E-state index in [4.69, 9.17) is 13.9 Å². The third kappa shape index (κ3) is 7.13. The molecule has 4 rings (SSSR count). The van der Waals surface area contributed by atoms with Gasteiger partial charge in [-0.2, -0.15) is 0 Å². The minimum atomic E-state index is -0.580. The summed E-state index contributed by atoms with van der Waals surface area (Å²) >= 11 is 0. The van der Waals surface area contributed by atoms with Crippen LogP contribution in [0.25, 0.3) is 11.0 Å². The van der Waals surface area contributed by atoms with Gasteiger partial charge in [0.1, 0.15) is 16.9 Å². The molecule has 1 saturated carbocycles. The van der Waals surface area contributed by atoms with Crippen molar-refractivity contribution in [2.24, 2.45) is 5.92 Å². The zero-order valence-electron chi connectivity index (χ0n) is 22.1. The SMILES string of the molecule is CN(C(=O)Cc1cccc2occc12)[C@@H](CC1CC[C@@H](O)C1)c1cccc(OCC(=O)OC(C)(C)C)c1. The van der Waals surface area contributed by atoms with E-state index in [2.05, 4.69) is 0 Å². The van der Waals surface area contributed by atoms with Gasteiger partial charge < -0.3 is 23.9 Å². The van der Waals surface area contributed by atoms with Crippen LogP contribution in [-0.2, 0) is 20.7 Å². The minimum absolute atomic E-state index is 0.00248. The monoisotopic (exact) mass is 507 g/mol. The van der Waals surface area contributed by atoms with Gasteiger partial charge in [0.15, 0.2) is 6.61 Å². The van der Waals surface area contributed by atoms with Gasteiger partial charge in [-0.3, -0.25) is 4.79 Å². The van der Waals surface area contributed by atoms with Crippen LogP contribution in [0, 0.1) is 5.92 Å². The van der Waals surface area contributed by atoms with E-state index in [0.717, 1.165) is 47.8 Å². The fourth-order valence-electron chi connectivity index (χ4n) is 5.09. The van der Waals surface area contributed by atoms with Gasteiger partial charge in [-0.05, 0) is 87.8 Å². The third-order valence-corrected chi connectivity index (χ3v) is 6.88. The summed E-state index contributed by atoms with van der Waals surface area (Å²) in [4.78, 5) is 27.4. The maximum atomic E-state index is 13.5. The molecule has 0 bridgehead atoms. The minimum Gasteiger partial charge on any atom is -0.482 e. The van der Waals surface area contributed by atoms with Gasteiger partial charge in [0.05, 0.1) is 24.8 Å². The Hall–Kier alpha value is -3.32. The normalized spacial score (nSPS) is 18.5. The van der Waals surface area contributed by atoms with Gasteiger partial charge in [-0.15, -0.1) is 0 Å². The lowest BCUT2D eigenvalue weighted by Gasteiger charge is -2.31. The molecule has 3 aromatic rings. The number of aliphatic hydroxyl groups excluding tert-OH is 1. The molecule has 1 heterocycles. The first-order chi connectivity index (χ1) is 17.6. The van der Waals surface area contributed by atoms with E-state index in [1.165, 1.54) is 0 Å². The molecule has 1 aliphatic carbocycles. The van der Waals surface area contributed by atoms with Crippen LogP contribution < -0.4 is 4.74 Å². The Labute approximate surface area is 218 Å². The highest BCUT2D eigenvalue weighted by Gasteiger charge is 2.30. The number of benzene rings is 2. The Balaban J connectivity index is 1.52. The maximum Gasteiger partial charge on any atom is 0.344 e. The number of rotatable bonds is 9. The lowest BCUT2D eigenvalue weighted by atomic mass is 9.92. The van der Waals surface area contributed by atoms with Crippen molar-refractivity contribution in [3.05, 3.63) is 65.9 Å². The van der Waals surface area contributed by atoms with Crippen LogP contribution in [0.15, 0.2) is 59.2 Å². The number of fused-ring (bicyclic) bond motifs is 1. The zero-order valence-corrected chi connectivity index (χ0v) is 22.1. The fourth-order valence-corrected chi connectivity index (χ4v) is 5.09. The molecule has 0 radical (unpaired) electrons. The molecule has 0 aliphatic heterocycles. The average molecular weight is 508 g/mol. The summed E-state index contributed by atoms with van der Waals surface area (Å²) < 4.78 is 16.6. The molecule has 1 aliphatic rings. The lowest BCUT2D eigenvalue weighted by molar-refractivity contribution is -0.157. The second kappa shape index (κ2) is 11.4. The number of nitrogens with zero attached hydrogens (tertiary/aromatic N) is 1. The maximum absolute atomic E-state index is 13.5. The first-order valence-corrected chi connectivity index (χ1v) is 12.9. The number of hydrogen-bond donors (Lipinski definition) is 1. The van der Waals surface area contributed by atoms with E-state index in [9.17, 15) is 14.7 Å². The van der Waals surface area contributed by atoms with Gasteiger partial charge in [0, 0.05) is 12.4 Å². The second-order valence-corrected chi connectivity index (χ2v) is 11.0. The molecule has 1 fully saturated rings. The molecule has 2 aromatic carbocycles. The van der Waals surface area contributed by atoms with Gasteiger partial charge in [0.25, 0.3) is 0 Å². The number of aliphatic hydroxyl groups is 1. The van der Waals surface area contributed by atoms with Crippen LogP contribution >= 0.6 is 0 Å². The molecule has 3 atom stereocenters. The van der Waals surface area contributed by atoms with Crippen LogP contribution in [0.2, 0.25) is 0 Å². The summed E-state index contributed by atoms with van der Waals surface area (Å²) in [5, 5.41) is 11.0. The van der Waals surface area contributed by atoms with Crippen LogP contribution in [-0.4, -0.2) is 47.2 Å². The van der Waals surface area contributed by atoms with E-state index in [1.54, 1.807) is 17.2 Å². The van der Waals surface area contributed by atoms with Gasteiger partial charge >= 0.3 is 5.97 Å². The predicted octanol–water partition coefficient (Wildman–Crippen LogP) is 5.45. The lowest BCUT2D eigenvalue weighted by Crippen LogP contribution is -2.33. The van der Waals surface area contributed by atoms with Crippen molar-refractivity contribution in [2.75, 3.05) is 13.7 Å². The molecule has 1 amide bonds. The Kier molecular flexibility index (Phi) is 8.22. The number of ether oxygens (including phenoxy) is 2. The average Bonchev–Trinajstić information content (AvgIpc) is 3.49. The van der Waals surface area contributed by atoms with Crippen molar-refractivity contribution in [1.82, 2.24) is 4.90 Å². The molecule has 1 aromatic heterocycles. The summed E-state index contributed by atoms with van der Waals surface area (Å²) in [6.07, 6.45) is 4.81. The highest BCUT2D eigenvalue weighted by molar-refractivity contribution is 5.87. The number of furan rings is 1. The van der Waals surface area contributed by atoms with Gasteiger partial charge in [0.2, 0.25) is 5.91 Å². The van der Waals surface area contributed by atoms with Crippen molar-refractivity contribution in [2.45, 2.75) is 70.6 Å². The molecule has 1 N–H and O–H groups in total. The largest absolute Gasteiger partial charge is 0.482 e. The Morgan fingerprint density at radius 2 is 1.92 bits per heavy atom. The number of likely N-dealkylation sites (N-methyl/N-ethyl adjacent to an activating group) is 1. The fraction of sp³-hybridized carbons (Fsp3) is 0.467. The molecule has 198 valence electrons. The summed E-state index contributed by atoms with van der Waals surface area (Å²) in [6, 6.07) is 15.0. The third-order valence-electron chi connectivity index (χ3n) is 6.88. The standard InChI is InChI=1S/C30H37NO6/c1-30(2,3)37-29(34)19-36-24-9-5-8-22(17-24)26(16-20-11-12-23(32)15-20)31(4)28(33)18-21-7-6-10-27-25(21)13-14-35-27/h5-10,13-14,17,20,23,26,32H,11-12,15-16,18-19H2,1-4H3/t20?,23-,26+/m1/s1. The molecule has 0 saturated heterocycles. The molecule has 7 heteroatoms. The predicted molar refractivity (Wildman–Crippen MR) is 141 cm³/mol. The topological polar surface area (TPSA) is 89.2 Å². The number of hydrogen-bond acceptors (Lipinski definition) is 6. The van der Waals surface area contributed by atoms with Gasteiger partial charge in [-0.1, -0.05) is 24.3 Å². The zero-order chi connectivity index (χ0) is 26.6. The number of carbonyl (C=O) groups excluding carboxylic acids is 2. The quantitative estimate of drug-likeness (QED) is 0.388. The van der Waals surface area contributed by atoms with Crippen molar-refractivity contribution >= 4 is 22.8 Å². The Morgan fingerprint density at radius 3 is 2.65 bits per heavy atom. The van der Waals surface area contributed by atoms with Crippen LogP contribution in [0.5, 0.6) is 5.75 Å². The van der Waals surface area contributed by atoms with Crippen molar-refractivity contribution in [3.8, 4) is 5.75 Å². The number of amides is 1. The van der Waals surface area contributed by atoms with Crippen molar-refractivity contribution in [3.63, 3.8) is 0 Å². The van der Waals surface area contributed by atoms with Crippen molar-refractivity contribution in [1.29, 1.82) is 0 Å². The summed E-state index contributed by atoms with van der Waals surface area (Å²) in [5.74, 6) is 0.426. The van der Waals surface area contributed by atoms with Gasteiger partial charge in [-0.25, -0.2) is 4.79 Å². The van der Waals surface area contributed by atoms with Crippen molar-refractivity contribution < 1.29 is 28.6 Å². The molecular weight excluding hydrogens is 470 g/mol. The molecular formula is C30H37NO6. The molecule has 37 heavy (non-hydrogen) atoms. The second-order valence-electron chi connectivity index (χ2n) is 11.0. The van der Waals surface area contributed by atoms with Crippen LogP contribution in [0.1, 0.15) is 63.6 Å².